The Labute approximate surface area is 160 Å². The molecule has 0 bridgehead atoms. The minimum atomic E-state index is -1.05. The van der Waals surface area contributed by atoms with E-state index < -0.39 is 5.72 Å². The average molecular weight is 367 g/mol. The fourth-order valence-electron chi connectivity index (χ4n) is 4.20. The average Bonchev–Trinajstić information content (AvgIpc) is 3.03. The highest BCUT2D eigenvalue weighted by molar-refractivity contribution is 5.97. The zero-order valence-electron chi connectivity index (χ0n) is 16.0. The molecule has 0 saturated carbocycles. The number of ether oxygens (including phenoxy) is 2. The summed E-state index contributed by atoms with van der Waals surface area (Å²) in [5.41, 5.74) is 0.841. The van der Waals surface area contributed by atoms with Crippen LogP contribution in [0, 0.1) is 0 Å². The number of nitrogens with zero attached hydrogens (tertiary/aromatic N) is 2. The monoisotopic (exact) mass is 367 g/mol. The number of para-hydroxylation sites is 2. The molecule has 1 atom stereocenters. The van der Waals surface area contributed by atoms with E-state index in [1.54, 1.807) is 7.11 Å². The Hall–Kier alpha value is -2.53. The molecule has 0 radical (unpaired) electrons. The second-order valence-electron chi connectivity index (χ2n) is 7.06. The molecule has 0 aromatic heterocycles. The van der Waals surface area contributed by atoms with E-state index in [1.165, 1.54) is 5.84 Å². The van der Waals surface area contributed by atoms with E-state index in [2.05, 4.69) is 15.5 Å². The van der Waals surface area contributed by atoms with Crippen LogP contribution in [0.15, 0.2) is 48.5 Å². The van der Waals surface area contributed by atoms with Gasteiger partial charge in [0.2, 0.25) is 0 Å². The van der Waals surface area contributed by atoms with E-state index >= 15 is 0 Å². The van der Waals surface area contributed by atoms with Gasteiger partial charge >= 0.3 is 0 Å². The summed E-state index contributed by atoms with van der Waals surface area (Å²) in [5.74, 6) is 2.82. The minimum absolute atomic E-state index is 0.483. The third-order valence-corrected chi connectivity index (χ3v) is 5.48. The smallest absolute Gasteiger partial charge is 0.271 e. The Morgan fingerprint density at radius 2 is 1.89 bits per heavy atom. The van der Waals surface area contributed by atoms with Crippen molar-refractivity contribution >= 4 is 11.5 Å². The summed E-state index contributed by atoms with van der Waals surface area (Å²) < 4.78 is 13.3. The molecule has 0 amide bonds. The lowest BCUT2D eigenvalue weighted by atomic mass is 10.0. The van der Waals surface area contributed by atoms with Crippen LogP contribution in [0.4, 0.5) is 5.69 Å². The van der Waals surface area contributed by atoms with Crippen molar-refractivity contribution < 1.29 is 19.2 Å². The van der Waals surface area contributed by atoms with Crippen LogP contribution in [0.5, 0.6) is 11.5 Å². The Morgan fingerprint density at radius 1 is 1.11 bits per heavy atom. The summed E-state index contributed by atoms with van der Waals surface area (Å²) in [4.78, 5) is 2.22. The van der Waals surface area contributed by atoms with E-state index in [0.29, 0.717) is 13.2 Å². The lowest BCUT2D eigenvalue weighted by molar-refractivity contribution is -0.661. The molecule has 4 rings (SSSR count). The third-order valence-electron chi connectivity index (χ3n) is 5.48. The molecule has 0 aliphatic carbocycles. The van der Waals surface area contributed by atoms with Crippen LogP contribution in [-0.4, -0.2) is 42.3 Å². The van der Waals surface area contributed by atoms with E-state index in [1.807, 2.05) is 49.4 Å². The van der Waals surface area contributed by atoms with Gasteiger partial charge in [0, 0.05) is 12.0 Å². The molecule has 2 aliphatic rings. The minimum Gasteiger partial charge on any atom is -0.494 e. The lowest BCUT2D eigenvalue weighted by Gasteiger charge is -2.24. The molecule has 2 aliphatic heterocycles. The molecule has 2 aromatic rings. The lowest BCUT2D eigenvalue weighted by Crippen LogP contribution is -2.41. The first kappa shape index (κ1) is 17.9. The van der Waals surface area contributed by atoms with Crippen molar-refractivity contribution in [2.45, 2.75) is 31.9 Å². The second-order valence-corrected chi connectivity index (χ2v) is 7.06. The van der Waals surface area contributed by atoms with Gasteiger partial charge in [-0.05, 0) is 56.2 Å². The highest BCUT2D eigenvalue weighted by Crippen LogP contribution is 2.39. The van der Waals surface area contributed by atoms with Crippen LogP contribution in [0.3, 0.4) is 0 Å². The summed E-state index contributed by atoms with van der Waals surface area (Å²) in [7, 11) is 1.69. The molecule has 27 heavy (non-hydrogen) atoms. The normalized spacial score (nSPS) is 22.0. The number of methoxy groups -OCH3 is 1. The molecule has 0 unspecified atom stereocenters. The number of benzene rings is 2. The maximum atomic E-state index is 11.8. The molecular weight excluding hydrogens is 340 g/mol. The largest absolute Gasteiger partial charge is 0.494 e. The Kier molecular flexibility index (Phi) is 4.79. The third kappa shape index (κ3) is 3.06. The van der Waals surface area contributed by atoms with E-state index in [4.69, 9.17) is 9.47 Å². The predicted molar refractivity (Wildman–Crippen MR) is 106 cm³/mol. The maximum Gasteiger partial charge on any atom is 0.271 e. The second kappa shape index (κ2) is 7.24. The summed E-state index contributed by atoms with van der Waals surface area (Å²) in [6.07, 6.45) is 3.18. The highest BCUT2D eigenvalue weighted by atomic mass is 16.5. The van der Waals surface area contributed by atoms with Crippen LogP contribution in [-0.2, 0) is 5.72 Å². The van der Waals surface area contributed by atoms with Crippen LogP contribution in [0.2, 0.25) is 0 Å². The molecule has 2 aromatic carbocycles. The zero-order valence-corrected chi connectivity index (χ0v) is 16.0. The number of anilines is 1. The topological polar surface area (TPSA) is 44.9 Å². The van der Waals surface area contributed by atoms with Gasteiger partial charge in [0.25, 0.3) is 11.6 Å². The van der Waals surface area contributed by atoms with Crippen molar-refractivity contribution in [2.75, 3.05) is 31.7 Å². The first-order valence-electron chi connectivity index (χ1n) is 9.67. The van der Waals surface area contributed by atoms with Crippen molar-refractivity contribution in [3.8, 4) is 11.5 Å². The summed E-state index contributed by atoms with van der Waals surface area (Å²) in [6, 6.07) is 15.8. The van der Waals surface area contributed by atoms with Gasteiger partial charge in [-0.25, -0.2) is 9.48 Å². The van der Waals surface area contributed by atoms with Crippen LogP contribution >= 0.6 is 0 Å². The fourth-order valence-corrected chi connectivity index (χ4v) is 4.20. The van der Waals surface area contributed by atoms with Crippen LogP contribution < -0.4 is 14.4 Å². The number of β-amino-alcohol motifs (C(OH)–C–C–N with tert-alkyl or cyclic N) is 1. The molecule has 0 fully saturated rings. The van der Waals surface area contributed by atoms with Crippen molar-refractivity contribution in [3.63, 3.8) is 0 Å². The molecule has 0 spiro atoms. The Bertz CT molecular complexity index is 847. The number of hydrogen-bond acceptors (Lipinski definition) is 4. The zero-order chi connectivity index (χ0) is 18.9. The van der Waals surface area contributed by atoms with Gasteiger partial charge < -0.3 is 14.6 Å². The van der Waals surface area contributed by atoms with E-state index in [9.17, 15) is 5.11 Å². The maximum absolute atomic E-state index is 11.8. The van der Waals surface area contributed by atoms with Gasteiger partial charge in [-0.2, -0.15) is 0 Å². The predicted octanol–water partition coefficient (Wildman–Crippen LogP) is 3.35. The molecule has 1 N–H and O–H groups in total. The first-order valence-corrected chi connectivity index (χ1v) is 9.67. The number of rotatable bonds is 5. The van der Waals surface area contributed by atoms with Gasteiger partial charge in [0.15, 0.2) is 18.0 Å². The van der Waals surface area contributed by atoms with Crippen molar-refractivity contribution in [1.29, 1.82) is 0 Å². The van der Waals surface area contributed by atoms with Crippen molar-refractivity contribution in [3.05, 3.63) is 54.1 Å². The number of hydrogen-bond donors (Lipinski definition) is 1. The number of aliphatic hydroxyl groups is 1. The van der Waals surface area contributed by atoms with E-state index in [-0.39, 0.29) is 0 Å². The fraction of sp³-hybridized carbons (Fsp3) is 0.409. The van der Waals surface area contributed by atoms with Gasteiger partial charge in [-0.1, -0.05) is 12.1 Å². The van der Waals surface area contributed by atoms with Gasteiger partial charge in [-0.3, -0.25) is 0 Å². The van der Waals surface area contributed by atoms with E-state index in [0.717, 1.165) is 48.6 Å². The number of amidine groups is 1. The molecule has 2 heterocycles. The van der Waals surface area contributed by atoms with Crippen molar-refractivity contribution in [2.24, 2.45) is 0 Å². The van der Waals surface area contributed by atoms with Gasteiger partial charge in [0.05, 0.1) is 20.3 Å². The SMILES string of the molecule is CCOc1ccc([C@]2(O)CN(c3ccccc3OC)C3=[N+]2CCCC3)cc1. The van der Waals surface area contributed by atoms with Gasteiger partial charge in [0.1, 0.15) is 5.75 Å². The molecule has 5 heteroatoms. The molecule has 5 nitrogen and oxygen atoms in total. The quantitative estimate of drug-likeness (QED) is 0.823. The standard InChI is InChI=1S/C22H27N2O3/c1-3-27-18-13-11-17(12-14-18)22(25)16-23(21-10-6-7-15-24(21)22)19-8-4-5-9-20(19)26-2/h4-5,8-9,11-14,25H,3,6-7,10,15-16H2,1-2H3/q+1/t22-/m1/s1. The summed E-state index contributed by atoms with van der Waals surface area (Å²) >= 11 is 0. The molecule has 142 valence electrons. The van der Waals surface area contributed by atoms with Crippen LogP contribution in [0.1, 0.15) is 31.7 Å². The Morgan fingerprint density at radius 3 is 2.63 bits per heavy atom. The van der Waals surface area contributed by atoms with Crippen molar-refractivity contribution in [1.82, 2.24) is 0 Å². The molecular formula is C22H27N2O3+. The highest BCUT2D eigenvalue weighted by Gasteiger charge is 2.53. The van der Waals surface area contributed by atoms with Gasteiger partial charge in [-0.15, -0.1) is 0 Å². The first-order chi connectivity index (χ1) is 13.2. The summed E-state index contributed by atoms with van der Waals surface area (Å²) in [6.45, 7) is 3.94. The Balaban J connectivity index is 1.75. The molecule has 0 saturated heterocycles. The summed E-state index contributed by atoms with van der Waals surface area (Å²) in [5, 5.41) is 11.8. The van der Waals surface area contributed by atoms with Crippen LogP contribution in [0.25, 0.3) is 0 Å².